The van der Waals surface area contributed by atoms with Gasteiger partial charge in [0.2, 0.25) is 0 Å². The van der Waals surface area contributed by atoms with Crippen LogP contribution in [0.15, 0.2) is 57.7 Å². The first-order valence-corrected chi connectivity index (χ1v) is 9.17. The van der Waals surface area contributed by atoms with E-state index in [1.807, 2.05) is 18.2 Å². The number of esters is 1. The van der Waals surface area contributed by atoms with Gasteiger partial charge >= 0.3 is 11.7 Å². The van der Waals surface area contributed by atoms with Crippen LogP contribution < -0.4 is 15.8 Å². The molecule has 0 aliphatic rings. The molecule has 1 amide bonds. The number of carbonyl (C=O) groups excluding carboxylic acids is 2. The van der Waals surface area contributed by atoms with Crippen molar-refractivity contribution in [2.24, 2.45) is 0 Å². The van der Waals surface area contributed by atoms with Gasteiger partial charge in [0, 0.05) is 18.7 Å². The lowest BCUT2D eigenvalue weighted by molar-refractivity contribution is -0.155. The molecule has 0 aliphatic heterocycles. The maximum absolute atomic E-state index is 12.2. The van der Waals surface area contributed by atoms with Crippen molar-refractivity contribution in [1.82, 2.24) is 9.88 Å². The second-order valence-corrected chi connectivity index (χ2v) is 6.40. The van der Waals surface area contributed by atoms with Crippen LogP contribution in [-0.2, 0) is 27.4 Å². The van der Waals surface area contributed by atoms with Crippen LogP contribution in [0.25, 0.3) is 11.1 Å². The van der Waals surface area contributed by atoms with Crippen LogP contribution in [0, 0.1) is 0 Å². The number of hydrogen-bond acceptors (Lipinski definition) is 6. The Bertz CT molecular complexity index is 1070. The highest BCUT2D eigenvalue weighted by Gasteiger charge is 2.19. The van der Waals surface area contributed by atoms with Crippen LogP contribution in [0.5, 0.6) is 5.75 Å². The molecule has 3 rings (SSSR count). The fraction of sp³-hybridized carbons (Fsp3) is 0.286. The maximum Gasteiger partial charge on any atom is 0.419 e. The van der Waals surface area contributed by atoms with E-state index in [1.54, 1.807) is 37.4 Å². The number of fused-ring (bicyclic) bond motifs is 1. The largest absolute Gasteiger partial charge is 0.496 e. The molecule has 152 valence electrons. The molecule has 0 fully saturated rings. The van der Waals surface area contributed by atoms with E-state index in [0.717, 1.165) is 5.56 Å². The molecule has 29 heavy (non-hydrogen) atoms. The SMILES string of the molecule is COc1ccccc1CNC(=O)[C@H](C)OC(=O)CCn1c(=O)oc2ccccc21. The smallest absolute Gasteiger partial charge is 0.419 e. The fourth-order valence-electron chi connectivity index (χ4n) is 2.91. The van der Waals surface area contributed by atoms with E-state index in [0.29, 0.717) is 16.8 Å². The third kappa shape index (κ3) is 4.84. The first-order chi connectivity index (χ1) is 14.0. The van der Waals surface area contributed by atoms with Crippen molar-refractivity contribution in [2.45, 2.75) is 32.5 Å². The van der Waals surface area contributed by atoms with E-state index < -0.39 is 23.7 Å². The first-order valence-electron chi connectivity index (χ1n) is 9.17. The zero-order valence-electron chi connectivity index (χ0n) is 16.2. The van der Waals surface area contributed by atoms with Gasteiger partial charge in [-0.1, -0.05) is 30.3 Å². The number of rotatable bonds is 8. The molecule has 0 saturated heterocycles. The number of para-hydroxylation sites is 3. The predicted molar refractivity (Wildman–Crippen MR) is 105 cm³/mol. The molecule has 1 heterocycles. The molecule has 1 atom stereocenters. The Morgan fingerprint density at radius 3 is 2.66 bits per heavy atom. The summed E-state index contributed by atoms with van der Waals surface area (Å²) in [5.74, 6) is -0.880. The van der Waals surface area contributed by atoms with E-state index in [-0.39, 0.29) is 19.5 Å². The summed E-state index contributed by atoms with van der Waals surface area (Å²) in [6.45, 7) is 1.85. The van der Waals surface area contributed by atoms with Crippen molar-refractivity contribution in [3.8, 4) is 5.75 Å². The molecule has 2 aromatic carbocycles. The minimum atomic E-state index is -0.963. The molecule has 0 aliphatic carbocycles. The topological polar surface area (TPSA) is 99.8 Å². The molecule has 1 N–H and O–H groups in total. The van der Waals surface area contributed by atoms with Gasteiger partial charge in [0.1, 0.15) is 5.75 Å². The lowest BCUT2D eigenvalue weighted by Gasteiger charge is -2.14. The molecule has 0 radical (unpaired) electrons. The summed E-state index contributed by atoms with van der Waals surface area (Å²) in [4.78, 5) is 36.2. The van der Waals surface area contributed by atoms with Gasteiger partial charge in [-0.3, -0.25) is 14.2 Å². The van der Waals surface area contributed by atoms with E-state index in [1.165, 1.54) is 11.5 Å². The van der Waals surface area contributed by atoms with Gasteiger partial charge in [-0.2, -0.15) is 0 Å². The number of methoxy groups -OCH3 is 1. The summed E-state index contributed by atoms with van der Waals surface area (Å²) in [6.07, 6.45) is -1.02. The van der Waals surface area contributed by atoms with Crippen LogP contribution >= 0.6 is 0 Å². The molecule has 3 aromatic rings. The summed E-state index contributed by atoms with van der Waals surface area (Å²) >= 11 is 0. The Balaban J connectivity index is 1.51. The quantitative estimate of drug-likeness (QED) is 0.584. The van der Waals surface area contributed by atoms with Gasteiger partial charge in [-0.25, -0.2) is 4.79 Å². The maximum atomic E-state index is 12.2. The highest BCUT2D eigenvalue weighted by molar-refractivity contribution is 5.83. The minimum Gasteiger partial charge on any atom is -0.496 e. The number of benzene rings is 2. The summed E-state index contributed by atoms with van der Waals surface area (Å²) in [7, 11) is 1.56. The van der Waals surface area contributed by atoms with Gasteiger partial charge in [0.05, 0.1) is 19.0 Å². The van der Waals surface area contributed by atoms with Crippen molar-refractivity contribution >= 4 is 23.0 Å². The Labute approximate surface area is 167 Å². The zero-order chi connectivity index (χ0) is 20.8. The average Bonchev–Trinajstić information content (AvgIpc) is 3.05. The van der Waals surface area contributed by atoms with Gasteiger partial charge in [0.15, 0.2) is 11.7 Å². The van der Waals surface area contributed by atoms with Crippen LogP contribution in [0.3, 0.4) is 0 Å². The van der Waals surface area contributed by atoms with Crippen molar-refractivity contribution in [3.63, 3.8) is 0 Å². The zero-order valence-corrected chi connectivity index (χ0v) is 16.2. The van der Waals surface area contributed by atoms with Gasteiger partial charge in [-0.15, -0.1) is 0 Å². The van der Waals surface area contributed by atoms with Crippen LogP contribution in [-0.4, -0.2) is 29.7 Å². The molecule has 0 unspecified atom stereocenters. The monoisotopic (exact) mass is 398 g/mol. The van der Waals surface area contributed by atoms with Crippen molar-refractivity contribution in [1.29, 1.82) is 0 Å². The predicted octanol–water partition coefficient (Wildman–Crippen LogP) is 2.24. The summed E-state index contributed by atoms with van der Waals surface area (Å²) in [5, 5.41) is 2.72. The van der Waals surface area contributed by atoms with Crippen molar-refractivity contribution in [2.75, 3.05) is 7.11 Å². The molecule has 0 saturated carbocycles. The molecule has 8 nitrogen and oxygen atoms in total. The average molecular weight is 398 g/mol. The van der Waals surface area contributed by atoms with Crippen LogP contribution in [0.2, 0.25) is 0 Å². The van der Waals surface area contributed by atoms with Crippen molar-refractivity contribution in [3.05, 3.63) is 64.6 Å². The van der Waals surface area contributed by atoms with Crippen molar-refractivity contribution < 1.29 is 23.5 Å². The van der Waals surface area contributed by atoms with Crippen LogP contribution in [0.1, 0.15) is 18.9 Å². The summed E-state index contributed by atoms with van der Waals surface area (Å²) in [6, 6.07) is 14.3. The van der Waals surface area contributed by atoms with Gasteiger partial charge < -0.3 is 19.2 Å². The number of nitrogens with zero attached hydrogens (tertiary/aromatic N) is 1. The van der Waals surface area contributed by atoms with Gasteiger partial charge in [0.25, 0.3) is 5.91 Å². The Morgan fingerprint density at radius 1 is 1.14 bits per heavy atom. The summed E-state index contributed by atoms with van der Waals surface area (Å²) < 4.78 is 16.9. The standard InChI is InChI=1S/C21H22N2O6/c1-14(20(25)22-13-15-7-3-5-9-17(15)27-2)28-19(24)11-12-23-16-8-4-6-10-18(16)29-21(23)26/h3-10,14H,11-13H2,1-2H3,(H,22,25)/t14-/m0/s1. The van der Waals surface area contributed by atoms with E-state index in [4.69, 9.17) is 13.9 Å². The Kier molecular flexibility index (Phi) is 6.33. The molecule has 0 spiro atoms. The third-order valence-corrected chi connectivity index (χ3v) is 4.44. The van der Waals surface area contributed by atoms with E-state index >= 15 is 0 Å². The lowest BCUT2D eigenvalue weighted by atomic mass is 10.2. The number of ether oxygens (including phenoxy) is 2. The number of nitrogens with one attached hydrogen (secondary N) is 1. The number of aryl methyl sites for hydroxylation is 1. The first kappa shape index (κ1) is 20.2. The number of hydrogen-bond donors (Lipinski definition) is 1. The highest BCUT2D eigenvalue weighted by Crippen LogP contribution is 2.17. The molecule has 8 heteroatoms. The third-order valence-electron chi connectivity index (χ3n) is 4.44. The number of oxazole rings is 1. The molecular weight excluding hydrogens is 376 g/mol. The second-order valence-electron chi connectivity index (χ2n) is 6.40. The van der Waals surface area contributed by atoms with Gasteiger partial charge in [-0.05, 0) is 25.1 Å². The van der Waals surface area contributed by atoms with Crippen LogP contribution in [0.4, 0.5) is 0 Å². The number of carbonyl (C=O) groups is 2. The van der Waals surface area contributed by atoms with E-state index in [9.17, 15) is 14.4 Å². The summed E-state index contributed by atoms with van der Waals surface area (Å²) in [5.41, 5.74) is 1.87. The fourth-order valence-corrected chi connectivity index (χ4v) is 2.91. The number of aromatic nitrogens is 1. The minimum absolute atomic E-state index is 0.0619. The normalized spacial score (nSPS) is 11.8. The highest BCUT2D eigenvalue weighted by atomic mass is 16.5. The Hall–Kier alpha value is -3.55. The molecule has 0 bridgehead atoms. The second kappa shape index (κ2) is 9.09. The van der Waals surface area contributed by atoms with E-state index in [2.05, 4.69) is 5.32 Å². The molecular formula is C21H22N2O6. The lowest BCUT2D eigenvalue weighted by Crippen LogP contribution is -2.35. The Morgan fingerprint density at radius 2 is 1.86 bits per heavy atom. The molecule has 1 aromatic heterocycles. The number of amides is 1.